The number of hydrogen-bond acceptors (Lipinski definition) is 3. The maximum Gasteiger partial charge on any atom is 0.186 e. The number of hydrogen-bond donors (Lipinski definition) is 2. The molecule has 5 nitrogen and oxygen atoms in total. The van der Waals surface area contributed by atoms with E-state index in [9.17, 15) is 0 Å². The first-order chi connectivity index (χ1) is 8.31. The first kappa shape index (κ1) is 11.2. The van der Waals surface area contributed by atoms with Crippen LogP contribution in [0.15, 0.2) is 47.9 Å². The average molecular weight is 230 g/mol. The van der Waals surface area contributed by atoms with Crippen LogP contribution in [0, 0.1) is 0 Å². The first-order valence-corrected chi connectivity index (χ1v) is 5.34. The van der Waals surface area contributed by atoms with Crippen molar-refractivity contribution in [3.05, 3.63) is 54.1 Å². The molecule has 0 bridgehead atoms. The standard InChI is InChI=1S/C12H14N4O/c13-12(15-17)11-5-3-8-16(11)9-6-10-4-1-2-7-14-10/h1-5,7-8,17H,6,9H2,(H2,13,15). The third-order valence-corrected chi connectivity index (χ3v) is 2.53. The maximum atomic E-state index is 8.65. The van der Waals surface area contributed by atoms with Crippen LogP contribution in [0.25, 0.3) is 0 Å². The minimum Gasteiger partial charge on any atom is -0.409 e. The lowest BCUT2D eigenvalue weighted by atomic mass is 10.2. The van der Waals surface area contributed by atoms with Crippen LogP contribution < -0.4 is 5.73 Å². The number of rotatable bonds is 4. The number of nitrogens with two attached hydrogens (primary N) is 1. The molecular formula is C12H14N4O. The van der Waals surface area contributed by atoms with E-state index in [4.69, 9.17) is 10.9 Å². The minimum absolute atomic E-state index is 0.121. The number of aromatic nitrogens is 2. The van der Waals surface area contributed by atoms with Gasteiger partial charge < -0.3 is 15.5 Å². The highest BCUT2D eigenvalue weighted by atomic mass is 16.4. The zero-order valence-electron chi connectivity index (χ0n) is 9.32. The van der Waals surface area contributed by atoms with Crippen molar-refractivity contribution in [2.24, 2.45) is 10.9 Å². The molecule has 0 saturated heterocycles. The molecule has 5 heteroatoms. The maximum absolute atomic E-state index is 8.65. The Hall–Kier alpha value is -2.30. The molecule has 2 aromatic heterocycles. The van der Waals surface area contributed by atoms with Gasteiger partial charge in [0.1, 0.15) is 0 Å². The van der Waals surface area contributed by atoms with E-state index in [0.29, 0.717) is 5.69 Å². The molecule has 0 radical (unpaired) electrons. The lowest BCUT2D eigenvalue weighted by Gasteiger charge is -2.07. The summed E-state index contributed by atoms with van der Waals surface area (Å²) < 4.78 is 1.93. The molecule has 88 valence electrons. The number of amidine groups is 1. The van der Waals surface area contributed by atoms with Crippen molar-refractivity contribution in [1.29, 1.82) is 0 Å². The summed E-state index contributed by atoms with van der Waals surface area (Å²) in [5.74, 6) is 0.121. The van der Waals surface area contributed by atoms with Crippen LogP contribution in [0.1, 0.15) is 11.4 Å². The summed E-state index contributed by atoms with van der Waals surface area (Å²) in [7, 11) is 0. The van der Waals surface area contributed by atoms with Crippen LogP contribution in [0.4, 0.5) is 0 Å². The summed E-state index contributed by atoms with van der Waals surface area (Å²) in [6, 6.07) is 9.51. The summed E-state index contributed by atoms with van der Waals surface area (Å²) in [6.07, 6.45) is 4.48. The monoisotopic (exact) mass is 230 g/mol. The first-order valence-electron chi connectivity index (χ1n) is 5.34. The van der Waals surface area contributed by atoms with Crippen LogP contribution in [0.2, 0.25) is 0 Å². The van der Waals surface area contributed by atoms with Crippen LogP contribution >= 0.6 is 0 Å². The highest BCUT2D eigenvalue weighted by molar-refractivity contribution is 5.95. The predicted molar refractivity (Wildman–Crippen MR) is 64.9 cm³/mol. The average Bonchev–Trinajstić information content (AvgIpc) is 2.85. The predicted octanol–water partition coefficient (Wildman–Crippen LogP) is 1.22. The molecule has 0 aliphatic heterocycles. The number of aryl methyl sites for hydroxylation is 2. The van der Waals surface area contributed by atoms with Crippen molar-refractivity contribution in [3.8, 4) is 0 Å². The molecule has 0 spiro atoms. The smallest absolute Gasteiger partial charge is 0.186 e. The molecule has 0 atom stereocenters. The van der Waals surface area contributed by atoms with Crippen molar-refractivity contribution in [2.75, 3.05) is 0 Å². The van der Waals surface area contributed by atoms with Crippen LogP contribution in [-0.2, 0) is 13.0 Å². The fraction of sp³-hybridized carbons (Fsp3) is 0.167. The van der Waals surface area contributed by atoms with Gasteiger partial charge in [-0.3, -0.25) is 4.98 Å². The van der Waals surface area contributed by atoms with E-state index in [1.165, 1.54) is 0 Å². The van der Waals surface area contributed by atoms with E-state index in [1.807, 2.05) is 41.1 Å². The van der Waals surface area contributed by atoms with Gasteiger partial charge in [0.05, 0.1) is 5.69 Å². The van der Waals surface area contributed by atoms with E-state index >= 15 is 0 Å². The quantitative estimate of drug-likeness (QED) is 0.359. The van der Waals surface area contributed by atoms with Gasteiger partial charge in [0, 0.05) is 31.1 Å². The molecule has 0 aliphatic rings. The Morgan fingerprint density at radius 1 is 1.35 bits per heavy atom. The van der Waals surface area contributed by atoms with Gasteiger partial charge in [0.2, 0.25) is 0 Å². The van der Waals surface area contributed by atoms with E-state index in [2.05, 4.69) is 10.1 Å². The Kier molecular flexibility index (Phi) is 3.40. The Balaban J connectivity index is 2.07. The van der Waals surface area contributed by atoms with Gasteiger partial charge in [-0.05, 0) is 24.3 Å². The number of pyridine rings is 1. The summed E-state index contributed by atoms with van der Waals surface area (Å²) in [6.45, 7) is 0.746. The van der Waals surface area contributed by atoms with Crippen molar-refractivity contribution < 1.29 is 5.21 Å². The Morgan fingerprint density at radius 3 is 2.94 bits per heavy atom. The molecular weight excluding hydrogens is 216 g/mol. The molecule has 0 aliphatic carbocycles. The van der Waals surface area contributed by atoms with Gasteiger partial charge in [-0.2, -0.15) is 0 Å². The third kappa shape index (κ3) is 2.63. The second-order valence-corrected chi connectivity index (χ2v) is 3.64. The highest BCUT2D eigenvalue weighted by Gasteiger charge is 2.05. The minimum atomic E-state index is 0.121. The van der Waals surface area contributed by atoms with Gasteiger partial charge in [-0.15, -0.1) is 0 Å². The van der Waals surface area contributed by atoms with E-state index < -0.39 is 0 Å². The molecule has 0 unspecified atom stereocenters. The van der Waals surface area contributed by atoms with Crippen molar-refractivity contribution in [2.45, 2.75) is 13.0 Å². The number of nitrogens with zero attached hydrogens (tertiary/aromatic N) is 3. The molecule has 2 rings (SSSR count). The second kappa shape index (κ2) is 5.16. The Bertz CT molecular complexity index is 504. The largest absolute Gasteiger partial charge is 0.409 e. The van der Waals surface area contributed by atoms with Gasteiger partial charge >= 0.3 is 0 Å². The van der Waals surface area contributed by atoms with Crippen molar-refractivity contribution in [3.63, 3.8) is 0 Å². The fourth-order valence-electron chi connectivity index (χ4n) is 1.67. The van der Waals surface area contributed by atoms with Gasteiger partial charge in [0.15, 0.2) is 5.84 Å². The van der Waals surface area contributed by atoms with Crippen molar-refractivity contribution >= 4 is 5.84 Å². The molecule has 0 fully saturated rings. The lowest BCUT2D eigenvalue weighted by Crippen LogP contribution is -2.18. The summed E-state index contributed by atoms with van der Waals surface area (Å²) >= 11 is 0. The van der Waals surface area contributed by atoms with Crippen LogP contribution in [0.5, 0.6) is 0 Å². The van der Waals surface area contributed by atoms with Gasteiger partial charge in [-0.25, -0.2) is 0 Å². The zero-order chi connectivity index (χ0) is 12.1. The Labute approximate surface area is 99.2 Å². The van der Waals surface area contributed by atoms with Gasteiger partial charge in [-0.1, -0.05) is 11.2 Å². The third-order valence-electron chi connectivity index (χ3n) is 2.53. The molecule has 0 aromatic carbocycles. The van der Waals surface area contributed by atoms with E-state index in [-0.39, 0.29) is 5.84 Å². The molecule has 0 amide bonds. The van der Waals surface area contributed by atoms with Crippen molar-refractivity contribution in [1.82, 2.24) is 9.55 Å². The van der Waals surface area contributed by atoms with Crippen LogP contribution in [0.3, 0.4) is 0 Å². The SMILES string of the molecule is N/C(=N/O)c1cccn1CCc1ccccn1. The fourth-order valence-corrected chi connectivity index (χ4v) is 1.67. The van der Waals surface area contributed by atoms with E-state index in [1.54, 1.807) is 6.20 Å². The highest BCUT2D eigenvalue weighted by Crippen LogP contribution is 2.04. The molecule has 2 aromatic rings. The molecule has 3 N–H and O–H groups in total. The molecule has 0 saturated carbocycles. The topological polar surface area (TPSA) is 76.4 Å². The molecule has 2 heterocycles. The normalized spacial score (nSPS) is 11.6. The summed E-state index contributed by atoms with van der Waals surface area (Å²) in [4.78, 5) is 4.25. The van der Waals surface area contributed by atoms with E-state index in [0.717, 1.165) is 18.7 Å². The summed E-state index contributed by atoms with van der Waals surface area (Å²) in [5.41, 5.74) is 7.30. The van der Waals surface area contributed by atoms with Gasteiger partial charge in [0.25, 0.3) is 0 Å². The zero-order valence-corrected chi connectivity index (χ0v) is 9.32. The lowest BCUT2D eigenvalue weighted by molar-refractivity contribution is 0.318. The number of oxime groups is 1. The molecule has 17 heavy (non-hydrogen) atoms. The second-order valence-electron chi connectivity index (χ2n) is 3.64. The Morgan fingerprint density at radius 2 is 2.24 bits per heavy atom. The van der Waals surface area contributed by atoms with Crippen LogP contribution in [-0.4, -0.2) is 20.6 Å². The summed E-state index contributed by atoms with van der Waals surface area (Å²) in [5, 5.41) is 11.7.